The van der Waals surface area contributed by atoms with Gasteiger partial charge in [0.15, 0.2) is 17.5 Å². The van der Waals surface area contributed by atoms with E-state index in [1.54, 1.807) is 6.07 Å². The predicted octanol–water partition coefficient (Wildman–Crippen LogP) is 5.72. The van der Waals surface area contributed by atoms with Gasteiger partial charge in [-0.05, 0) is 38.1 Å². The van der Waals surface area contributed by atoms with Crippen molar-refractivity contribution in [3.05, 3.63) is 94.8 Å². The maximum absolute atomic E-state index is 13.0. The van der Waals surface area contributed by atoms with Crippen molar-refractivity contribution in [2.24, 2.45) is 0 Å². The molecule has 0 amide bonds. The Morgan fingerprint density at radius 2 is 1.52 bits per heavy atom. The molecule has 1 N–H and O–H groups in total. The van der Waals surface area contributed by atoms with Crippen LogP contribution in [0.15, 0.2) is 88.1 Å². The summed E-state index contributed by atoms with van der Waals surface area (Å²) in [4.78, 5) is 27.0. The van der Waals surface area contributed by atoms with Gasteiger partial charge in [0, 0.05) is 34.8 Å². The normalized spacial score (nSPS) is 11.0. The first kappa shape index (κ1) is 20.6. The third-order valence-corrected chi connectivity index (χ3v) is 5.30. The first-order chi connectivity index (χ1) is 16.1. The van der Waals surface area contributed by atoms with Gasteiger partial charge in [-0.15, -0.1) is 0 Å². The van der Waals surface area contributed by atoms with Gasteiger partial charge in [-0.3, -0.25) is 0 Å². The molecular formula is C27H22N4O2. The van der Waals surface area contributed by atoms with E-state index in [1.165, 1.54) is 0 Å². The van der Waals surface area contributed by atoms with Gasteiger partial charge in [0.1, 0.15) is 11.1 Å². The average molecular weight is 434 g/mol. The Morgan fingerprint density at radius 3 is 2.27 bits per heavy atom. The van der Waals surface area contributed by atoms with E-state index in [-0.39, 0.29) is 5.82 Å². The monoisotopic (exact) mass is 434 g/mol. The number of benzene rings is 3. The summed E-state index contributed by atoms with van der Waals surface area (Å²) in [5, 5.41) is 4.02. The summed E-state index contributed by atoms with van der Waals surface area (Å²) in [6.45, 7) is 4.81. The Balaban J connectivity index is 1.71. The number of nitrogens with zero attached hydrogens (tertiary/aromatic N) is 3. The van der Waals surface area contributed by atoms with Crippen molar-refractivity contribution in [3.8, 4) is 34.2 Å². The molecule has 162 valence electrons. The number of nitrogens with one attached hydrogen (secondary N) is 1. The number of rotatable bonds is 5. The standard InChI is InChI=1S/C27H22N4O2/c1-3-28-21-13-12-19-15-22(27(32)33-23(19)16-21)26-30-24(18-9-5-4-6-10-18)29-25(31-26)20-11-7-8-17(2)14-20/h4-16,28H,3H2,1-2H3. The molecule has 3 aromatic carbocycles. The summed E-state index contributed by atoms with van der Waals surface area (Å²) in [7, 11) is 0. The fourth-order valence-electron chi connectivity index (χ4n) is 3.71. The second-order valence-electron chi connectivity index (χ2n) is 7.77. The molecule has 0 aliphatic heterocycles. The van der Waals surface area contributed by atoms with Gasteiger partial charge in [0.05, 0.1) is 0 Å². The maximum atomic E-state index is 13.0. The highest BCUT2D eigenvalue weighted by Gasteiger charge is 2.16. The quantitative estimate of drug-likeness (QED) is 0.356. The SMILES string of the molecule is CCNc1ccc2cc(-c3nc(-c4ccccc4)nc(-c4cccc(C)c4)n3)c(=O)oc2c1. The van der Waals surface area contributed by atoms with E-state index >= 15 is 0 Å². The summed E-state index contributed by atoms with van der Waals surface area (Å²) in [6, 6.07) is 25.1. The van der Waals surface area contributed by atoms with Crippen LogP contribution in [0.1, 0.15) is 12.5 Å². The average Bonchev–Trinajstić information content (AvgIpc) is 2.84. The lowest BCUT2D eigenvalue weighted by atomic mass is 10.1. The third-order valence-electron chi connectivity index (χ3n) is 5.30. The molecule has 0 aliphatic carbocycles. The summed E-state index contributed by atoms with van der Waals surface area (Å²) in [5.41, 5.74) is 4.01. The zero-order valence-corrected chi connectivity index (χ0v) is 18.4. The van der Waals surface area contributed by atoms with Crippen molar-refractivity contribution in [2.75, 3.05) is 11.9 Å². The second-order valence-corrected chi connectivity index (χ2v) is 7.77. The number of anilines is 1. The molecule has 0 aliphatic rings. The van der Waals surface area contributed by atoms with E-state index < -0.39 is 5.63 Å². The number of fused-ring (bicyclic) bond motifs is 1. The highest BCUT2D eigenvalue weighted by atomic mass is 16.4. The van der Waals surface area contributed by atoms with Crippen LogP contribution in [-0.4, -0.2) is 21.5 Å². The molecular weight excluding hydrogens is 412 g/mol. The first-order valence-corrected chi connectivity index (χ1v) is 10.8. The van der Waals surface area contributed by atoms with Crippen LogP contribution in [0, 0.1) is 6.92 Å². The van der Waals surface area contributed by atoms with Crippen LogP contribution in [0.2, 0.25) is 0 Å². The lowest BCUT2D eigenvalue weighted by Gasteiger charge is -2.09. The minimum Gasteiger partial charge on any atom is -0.422 e. The molecule has 5 aromatic rings. The summed E-state index contributed by atoms with van der Waals surface area (Å²) in [5.74, 6) is 1.29. The van der Waals surface area contributed by atoms with E-state index in [1.807, 2.05) is 86.6 Å². The largest absolute Gasteiger partial charge is 0.422 e. The molecule has 0 fully saturated rings. The van der Waals surface area contributed by atoms with Crippen molar-refractivity contribution in [2.45, 2.75) is 13.8 Å². The van der Waals surface area contributed by atoms with Gasteiger partial charge in [0.25, 0.3) is 0 Å². The third kappa shape index (κ3) is 4.23. The van der Waals surface area contributed by atoms with Gasteiger partial charge in [-0.1, -0.05) is 54.1 Å². The highest BCUT2D eigenvalue weighted by Crippen LogP contribution is 2.26. The van der Waals surface area contributed by atoms with Crippen LogP contribution < -0.4 is 10.9 Å². The van der Waals surface area contributed by atoms with Crippen molar-refractivity contribution in [1.82, 2.24) is 15.0 Å². The lowest BCUT2D eigenvalue weighted by Crippen LogP contribution is -2.08. The van der Waals surface area contributed by atoms with Crippen LogP contribution >= 0.6 is 0 Å². The zero-order chi connectivity index (χ0) is 22.8. The van der Waals surface area contributed by atoms with Gasteiger partial charge in [-0.25, -0.2) is 19.7 Å². The fourth-order valence-corrected chi connectivity index (χ4v) is 3.71. The van der Waals surface area contributed by atoms with Crippen molar-refractivity contribution < 1.29 is 4.42 Å². The van der Waals surface area contributed by atoms with E-state index in [2.05, 4.69) is 15.3 Å². The second kappa shape index (κ2) is 8.67. The number of aryl methyl sites for hydroxylation is 1. The molecule has 33 heavy (non-hydrogen) atoms. The molecule has 0 radical (unpaired) electrons. The van der Waals surface area contributed by atoms with Crippen LogP contribution in [0.5, 0.6) is 0 Å². The molecule has 0 unspecified atom stereocenters. The molecule has 0 spiro atoms. The van der Waals surface area contributed by atoms with Crippen molar-refractivity contribution >= 4 is 16.7 Å². The number of hydrogen-bond acceptors (Lipinski definition) is 6. The van der Waals surface area contributed by atoms with E-state index in [0.717, 1.165) is 34.3 Å². The summed E-state index contributed by atoms with van der Waals surface area (Å²) < 4.78 is 5.65. The first-order valence-electron chi connectivity index (χ1n) is 10.8. The fraction of sp³-hybridized carbons (Fsp3) is 0.111. The van der Waals surface area contributed by atoms with E-state index in [9.17, 15) is 4.79 Å². The molecule has 0 atom stereocenters. The topological polar surface area (TPSA) is 80.9 Å². The molecule has 0 bridgehead atoms. The van der Waals surface area contributed by atoms with Gasteiger partial charge in [0.2, 0.25) is 0 Å². The minimum atomic E-state index is -0.489. The van der Waals surface area contributed by atoms with Crippen molar-refractivity contribution in [1.29, 1.82) is 0 Å². The predicted molar refractivity (Wildman–Crippen MR) is 131 cm³/mol. The van der Waals surface area contributed by atoms with Gasteiger partial charge >= 0.3 is 5.63 Å². The Labute approximate surface area is 191 Å². The molecule has 6 heteroatoms. The smallest absolute Gasteiger partial charge is 0.347 e. The number of aromatic nitrogens is 3. The van der Waals surface area contributed by atoms with Crippen LogP contribution in [0.25, 0.3) is 45.1 Å². The molecule has 0 saturated heterocycles. The molecule has 2 heterocycles. The van der Waals surface area contributed by atoms with Crippen LogP contribution in [0.3, 0.4) is 0 Å². The minimum absolute atomic E-state index is 0.284. The van der Waals surface area contributed by atoms with Crippen LogP contribution in [0.4, 0.5) is 5.69 Å². The zero-order valence-electron chi connectivity index (χ0n) is 18.4. The lowest BCUT2D eigenvalue weighted by molar-refractivity contribution is 0.563. The molecule has 5 rings (SSSR count). The Hall–Kier alpha value is -4.32. The van der Waals surface area contributed by atoms with Crippen molar-refractivity contribution in [3.63, 3.8) is 0 Å². The van der Waals surface area contributed by atoms with E-state index in [4.69, 9.17) is 9.40 Å². The Bertz CT molecular complexity index is 1510. The molecule has 0 saturated carbocycles. The molecule has 6 nitrogen and oxygen atoms in total. The van der Waals surface area contributed by atoms with Gasteiger partial charge < -0.3 is 9.73 Å². The molecule has 2 aromatic heterocycles. The summed E-state index contributed by atoms with van der Waals surface area (Å²) >= 11 is 0. The highest BCUT2D eigenvalue weighted by molar-refractivity contribution is 5.83. The summed E-state index contributed by atoms with van der Waals surface area (Å²) in [6.07, 6.45) is 0. The maximum Gasteiger partial charge on any atom is 0.347 e. The van der Waals surface area contributed by atoms with E-state index in [0.29, 0.717) is 22.8 Å². The van der Waals surface area contributed by atoms with Gasteiger partial charge in [-0.2, -0.15) is 0 Å². The Kier molecular flexibility index (Phi) is 5.40. The number of hydrogen-bond donors (Lipinski definition) is 1. The Morgan fingerprint density at radius 1 is 0.788 bits per heavy atom. The van der Waals surface area contributed by atoms with Crippen LogP contribution in [-0.2, 0) is 0 Å².